The minimum atomic E-state index is -3.68. The molecule has 2 aliphatic heterocycles. The predicted molar refractivity (Wildman–Crippen MR) is 135 cm³/mol. The first kappa shape index (κ1) is 25.7. The van der Waals surface area contributed by atoms with Crippen molar-refractivity contribution < 1.29 is 26.8 Å². The van der Waals surface area contributed by atoms with Gasteiger partial charge in [0.15, 0.2) is 15.7 Å². The second-order valence-corrected chi connectivity index (χ2v) is 11.6. The van der Waals surface area contributed by atoms with Crippen molar-refractivity contribution in [2.75, 3.05) is 36.4 Å². The number of amides is 2. The SMILES string of the molecule is O=C(Nc1ccc(S(=O)(=O)C2CCN(C(=O)c3ccc(F)cc3F)CC2)cc1)C1CN(c2cccnn2)C1. The fraction of sp³-hybridized carbons (Fsp3) is 0.308. The number of nitrogens with one attached hydrogen (secondary N) is 1. The summed E-state index contributed by atoms with van der Waals surface area (Å²) in [6.45, 7) is 1.32. The number of hydrogen-bond acceptors (Lipinski definition) is 7. The molecule has 0 radical (unpaired) electrons. The van der Waals surface area contributed by atoms with Crippen LogP contribution in [0.5, 0.6) is 0 Å². The number of carbonyl (C=O) groups excluding carboxylic acids is 2. The van der Waals surface area contributed by atoms with E-state index < -0.39 is 32.6 Å². The smallest absolute Gasteiger partial charge is 0.256 e. The molecule has 198 valence electrons. The Morgan fingerprint density at radius 2 is 1.68 bits per heavy atom. The van der Waals surface area contributed by atoms with Gasteiger partial charge in [-0.2, -0.15) is 5.10 Å². The quantitative estimate of drug-likeness (QED) is 0.511. The van der Waals surface area contributed by atoms with Gasteiger partial charge in [-0.1, -0.05) is 0 Å². The van der Waals surface area contributed by atoms with Crippen LogP contribution in [0.15, 0.2) is 65.7 Å². The van der Waals surface area contributed by atoms with Crippen molar-refractivity contribution in [1.29, 1.82) is 0 Å². The number of nitrogens with zero attached hydrogens (tertiary/aromatic N) is 4. The van der Waals surface area contributed by atoms with E-state index in [1.54, 1.807) is 24.4 Å². The molecule has 2 fully saturated rings. The van der Waals surface area contributed by atoms with Crippen molar-refractivity contribution in [3.05, 3.63) is 78.0 Å². The third-order valence-electron chi connectivity index (χ3n) is 6.91. The predicted octanol–water partition coefficient (Wildman–Crippen LogP) is 2.91. The van der Waals surface area contributed by atoms with E-state index in [2.05, 4.69) is 15.5 Å². The average Bonchev–Trinajstić information content (AvgIpc) is 2.88. The molecule has 3 heterocycles. The molecule has 38 heavy (non-hydrogen) atoms. The van der Waals surface area contributed by atoms with Crippen LogP contribution in [0, 0.1) is 17.6 Å². The fourth-order valence-electron chi connectivity index (χ4n) is 4.66. The lowest BCUT2D eigenvalue weighted by atomic mass is 9.99. The van der Waals surface area contributed by atoms with Crippen molar-refractivity contribution in [3.63, 3.8) is 0 Å². The third kappa shape index (κ3) is 5.21. The molecule has 0 unspecified atom stereocenters. The Balaban J connectivity index is 1.15. The summed E-state index contributed by atoms with van der Waals surface area (Å²) >= 11 is 0. The first-order valence-corrected chi connectivity index (χ1v) is 13.7. The van der Waals surface area contributed by atoms with Crippen molar-refractivity contribution in [1.82, 2.24) is 15.1 Å². The van der Waals surface area contributed by atoms with Gasteiger partial charge in [0.25, 0.3) is 5.91 Å². The van der Waals surface area contributed by atoms with E-state index in [0.29, 0.717) is 30.7 Å². The number of likely N-dealkylation sites (tertiary alicyclic amines) is 1. The molecule has 0 aliphatic carbocycles. The number of carbonyl (C=O) groups is 2. The van der Waals surface area contributed by atoms with Gasteiger partial charge in [-0.25, -0.2) is 17.2 Å². The Hall–Kier alpha value is -3.93. The highest BCUT2D eigenvalue weighted by Crippen LogP contribution is 2.28. The molecular weight excluding hydrogens is 516 g/mol. The summed E-state index contributed by atoms with van der Waals surface area (Å²) in [7, 11) is -3.68. The Kier molecular flexibility index (Phi) is 7.06. The van der Waals surface area contributed by atoms with E-state index >= 15 is 0 Å². The molecule has 0 atom stereocenters. The van der Waals surface area contributed by atoms with Crippen LogP contribution in [0.4, 0.5) is 20.3 Å². The highest BCUT2D eigenvalue weighted by Gasteiger charge is 2.35. The highest BCUT2D eigenvalue weighted by molar-refractivity contribution is 7.92. The van der Waals surface area contributed by atoms with Crippen LogP contribution in [-0.4, -0.2) is 66.8 Å². The van der Waals surface area contributed by atoms with Crippen LogP contribution in [0.1, 0.15) is 23.2 Å². The summed E-state index contributed by atoms with van der Waals surface area (Å²) < 4.78 is 53.5. The van der Waals surface area contributed by atoms with Crippen molar-refractivity contribution in [3.8, 4) is 0 Å². The van der Waals surface area contributed by atoms with E-state index in [1.165, 1.54) is 17.0 Å². The maximum absolute atomic E-state index is 14.0. The first-order valence-electron chi connectivity index (χ1n) is 12.1. The Bertz CT molecular complexity index is 1440. The lowest BCUT2D eigenvalue weighted by Gasteiger charge is -2.38. The minimum Gasteiger partial charge on any atom is -0.353 e. The minimum absolute atomic E-state index is 0.127. The summed E-state index contributed by atoms with van der Waals surface area (Å²) in [5.41, 5.74) is 0.252. The van der Waals surface area contributed by atoms with Gasteiger partial charge in [0.05, 0.1) is 21.6 Å². The molecule has 5 rings (SSSR count). The molecule has 3 aromatic rings. The average molecular weight is 542 g/mol. The van der Waals surface area contributed by atoms with E-state index in [4.69, 9.17) is 0 Å². The molecule has 1 N–H and O–H groups in total. The summed E-state index contributed by atoms with van der Waals surface area (Å²) in [6.07, 6.45) is 1.97. The Morgan fingerprint density at radius 3 is 2.32 bits per heavy atom. The standard InChI is InChI=1S/C26H25F2N5O4S/c27-18-3-8-22(23(28)14-18)26(35)32-12-9-21(10-13-32)38(36,37)20-6-4-19(5-7-20)30-25(34)17-15-33(16-17)24-2-1-11-29-31-24/h1-8,11,14,17,21H,9-10,12-13,15-16H2,(H,30,34). The van der Waals surface area contributed by atoms with Gasteiger partial charge in [-0.05, 0) is 61.4 Å². The van der Waals surface area contributed by atoms with Gasteiger partial charge in [-0.15, -0.1) is 5.10 Å². The van der Waals surface area contributed by atoms with Crippen LogP contribution in [-0.2, 0) is 14.6 Å². The third-order valence-corrected chi connectivity index (χ3v) is 9.19. The molecule has 2 amide bonds. The van der Waals surface area contributed by atoms with Crippen LogP contribution in [0.25, 0.3) is 0 Å². The number of sulfone groups is 1. The van der Waals surface area contributed by atoms with Gasteiger partial charge >= 0.3 is 0 Å². The monoisotopic (exact) mass is 541 g/mol. The maximum atomic E-state index is 14.0. The first-order chi connectivity index (χ1) is 18.2. The molecule has 9 nitrogen and oxygen atoms in total. The number of rotatable bonds is 6. The second kappa shape index (κ2) is 10.4. The molecule has 2 saturated heterocycles. The number of aromatic nitrogens is 2. The van der Waals surface area contributed by atoms with Gasteiger partial charge < -0.3 is 15.1 Å². The fourth-order valence-corrected chi connectivity index (χ4v) is 6.39. The zero-order valence-corrected chi connectivity index (χ0v) is 21.1. The molecule has 0 bridgehead atoms. The topological polar surface area (TPSA) is 113 Å². The van der Waals surface area contributed by atoms with E-state index in [9.17, 15) is 26.8 Å². The van der Waals surface area contributed by atoms with Crippen molar-refractivity contribution >= 4 is 33.2 Å². The number of anilines is 2. The lowest BCUT2D eigenvalue weighted by Crippen LogP contribution is -2.52. The largest absolute Gasteiger partial charge is 0.353 e. The van der Waals surface area contributed by atoms with E-state index in [1.807, 2.05) is 11.0 Å². The van der Waals surface area contributed by atoms with Gasteiger partial charge in [0.1, 0.15) is 11.6 Å². The molecule has 2 aromatic carbocycles. The number of halogens is 2. The van der Waals surface area contributed by atoms with Crippen LogP contribution < -0.4 is 10.2 Å². The van der Waals surface area contributed by atoms with Gasteiger partial charge in [-0.3, -0.25) is 9.59 Å². The molecule has 0 spiro atoms. The van der Waals surface area contributed by atoms with E-state index in [0.717, 1.165) is 12.1 Å². The zero-order chi connectivity index (χ0) is 26.9. The maximum Gasteiger partial charge on any atom is 0.256 e. The molecule has 1 aromatic heterocycles. The zero-order valence-electron chi connectivity index (χ0n) is 20.3. The van der Waals surface area contributed by atoms with Crippen LogP contribution in [0.3, 0.4) is 0 Å². The van der Waals surface area contributed by atoms with Gasteiger partial charge in [0, 0.05) is 44.1 Å². The summed E-state index contributed by atoms with van der Waals surface area (Å²) in [5, 5.41) is 9.98. The number of benzene rings is 2. The van der Waals surface area contributed by atoms with Crippen LogP contribution >= 0.6 is 0 Å². The van der Waals surface area contributed by atoms with Gasteiger partial charge in [0.2, 0.25) is 5.91 Å². The second-order valence-electron chi connectivity index (χ2n) is 9.36. The van der Waals surface area contributed by atoms with E-state index in [-0.39, 0.29) is 48.2 Å². The lowest BCUT2D eigenvalue weighted by molar-refractivity contribution is -0.120. The van der Waals surface area contributed by atoms with Crippen molar-refractivity contribution in [2.24, 2.45) is 5.92 Å². The number of hydrogen-bond donors (Lipinski definition) is 1. The van der Waals surface area contributed by atoms with Crippen molar-refractivity contribution in [2.45, 2.75) is 23.0 Å². The molecular formula is C26H25F2N5O4S. The Morgan fingerprint density at radius 1 is 0.974 bits per heavy atom. The van der Waals surface area contributed by atoms with Crippen LogP contribution in [0.2, 0.25) is 0 Å². The summed E-state index contributed by atoms with van der Waals surface area (Å²) in [4.78, 5) is 28.6. The summed E-state index contributed by atoms with van der Waals surface area (Å²) in [6, 6.07) is 12.4. The number of piperidine rings is 1. The normalized spacial score (nSPS) is 16.7. The Labute approximate surface area is 218 Å². The molecule has 2 aliphatic rings. The molecule has 12 heteroatoms. The highest BCUT2D eigenvalue weighted by atomic mass is 32.2. The molecule has 0 saturated carbocycles. The summed E-state index contributed by atoms with van der Waals surface area (Å²) in [5.74, 6) is -1.97.